The van der Waals surface area contributed by atoms with E-state index < -0.39 is 0 Å². The topological polar surface area (TPSA) is 47.4 Å². The SMILES string of the molecule is CCN(CC)Cc1nc2sc3c(c2c(=O)n1CCOC)CCCC3. The van der Waals surface area contributed by atoms with Gasteiger partial charge in [0.1, 0.15) is 10.7 Å². The number of aryl methyl sites for hydroxylation is 2. The van der Waals surface area contributed by atoms with Gasteiger partial charge in [0.05, 0.1) is 25.1 Å². The first-order valence-electron chi connectivity index (χ1n) is 8.94. The van der Waals surface area contributed by atoms with E-state index in [1.165, 1.54) is 23.3 Å². The van der Waals surface area contributed by atoms with Crippen LogP contribution in [-0.4, -0.2) is 41.3 Å². The van der Waals surface area contributed by atoms with E-state index in [2.05, 4.69) is 18.7 Å². The maximum Gasteiger partial charge on any atom is 0.262 e. The lowest BCUT2D eigenvalue weighted by Crippen LogP contribution is -2.32. The first-order chi connectivity index (χ1) is 11.7. The van der Waals surface area contributed by atoms with Crippen LogP contribution in [0.5, 0.6) is 0 Å². The molecule has 0 saturated carbocycles. The lowest BCUT2D eigenvalue weighted by Gasteiger charge is -2.20. The Labute approximate surface area is 147 Å². The van der Waals surface area contributed by atoms with Crippen molar-refractivity contribution in [1.82, 2.24) is 14.5 Å². The minimum Gasteiger partial charge on any atom is -0.383 e. The van der Waals surface area contributed by atoms with Gasteiger partial charge in [-0.1, -0.05) is 13.8 Å². The van der Waals surface area contributed by atoms with E-state index in [0.717, 1.165) is 42.0 Å². The molecule has 1 aliphatic carbocycles. The summed E-state index contributed by atoms with van der Waals surface area (Å²) in [5.74, 6) is 0.867. The maximum atomic E-state index is 13.2. The second-order valence-electron chi connectivity index (χ2n) is 6.33. The Morgan fingerprint density at radius 3 is 2.71 bits per heavy atom. The van der Waals surface area contributed by atoms with Gasteiger partial charge in [0.2, 0.25) is 0 Å². The number of aromatic nitrogens is 2. The maximum absolute atomic E-state index is 13.2. The summed E-state index contributed by atoms with van der Waals surface area (Å²) in [7, 11) is 1.67. The Hall–Kier alpha value is -1.24. The Morgan fingerprint density at radius 2 is 2.00 bits per heavy atom. The quantitative estimate of drug-likeness (QED) is 0.771. The summed E-state index contributed by atoms with van der Waals surface area (Å²) >= 11 is 1.73. The predicted octanol–water partition coefficient (Wildman–Crippen LogP) is 2.83. The molecule has 6 heteroatoms. The summed E-state index contributed by atoms with van der Waals surface area (Å²) < 4.78 is 7.06. The van der Waals surface area contributed by atoms with Crippen LogP contribution in [0.25, 0.3) is 10.2 Å². The second kappa shape index (κ2) is 7.76. The molecule has 0 saturated heterocycles. The zero-order valence-corrected chi connectivity index (χ0v) is 15.7. The smallest absolute Gasteiger partial charge is 0.262 e. The molecule has 0 radical (unpaired) electrons. The number of rotatable bonds is 7. The molecule has 5 nitrogen and oxygen atoms in total. The largest absolute Gasteiger partial charge is 0.383 e. The number of fused-ring (bicyclic) bond motifs is 3. The van der Waals surface area contributed by atoms with Gasteiger partial charge in [0.25, 0.3) is 5.56 Å². The van der Waals surface area contributed by atoms with E-state index >= 15 is 0 Å². The number of hydrogen-bond acceptors (Lipinski definition) is 5. The van der Waals surface area contributed by atoms with E-state index in [9.17, 15) is 4.79 Å². The number of hydrogen-bond donors (Lipinski definition) is 0. The lowest BCUT2D eigenvalue weighted by molar-refractivity contribution is 0.182. The summed E-state index contributed by atoms with van der Waals surface area (Å²) in [6.07, 6.45) is 4.52. The average Bonchev–Trinajstić information content (AvgIpc) is 2.97. The van der Waals surface area contributed by atoms with E-state index in [-0.39, 0.29) is 5.56 Å². The molecule has 132 valence electrons. The van der Waals surface area contributed by atoms with E-state index in [1.807, 2.05) is 4.57 Å². The summed E-state index contributed by atoms with van der Waals surface area (Å²) in [6.45, 7) is 8.01. The Balaban J connectivity index is 2.13. The molecule has 0 bridgehead atoms. The summed E-state index contributed by atoms with van der Waals surface area (Å²) in [6, 6.07) is 0. The molecule has 2 aromatic rings. The molecular formula is C18H27N3O2S. The standard InChI is InChI=1S/C18H27N3O2S/c1-4-20(5-2)12-15-19-17-16(18(22)21(15)10-11-23-3)13-8-6-7-9-14(13)24-17/h4-12H2,1-3H3. The molecule has 2 heterocycles. The van der Waals surface area contributed by atoms with Crippen LogP contribution >= 0.6 is 11.3 Å². The zero-order chi connectivity index (χ0) is 17.1. The van der Waals surface area contributed by atoms with Gasteiger partial charge in [-0.25, -0.2) is 4.98 Å². The van der Waals surface area contributed by atoms with Crippen LogP contribution in [0.1, 0.15) is 43.0 Å². The van der Waals surface area contributed by atoms with Gasteiger partial charge in [0.15, 0.2) is 0 Å². The Morgan fingerprint density at radius 1 is 1.25 bits per heavy atom. The van der Waals surface area contributed by atoms with Gasteiger partial charge in [-0.2, -0.15) is 0 Å². The number of ether oxygens (including phenoxy) is 1. The van der Waals surface area contributed by atoms with Crippen LogP contribution in [0.4, 0.5) is 0 Å². The molecule has 2 aromatic heterocycles. The second-order valence-corrected chi connectivity index (χ2v) is 7.41. The van der Waals surface area contributed by atoms with Crippen LogP contribution in [0.3, 0.4) is 0 Å². The van der Waals surface area contributed by atoms with Gasteiger partial charge in [-0.3, -0.25) is 14.3 Å². The summed E-state index contributed by atoms with van der Waals surface area (Å²) in [5, 5.41) is 0.870. The molecule has 0 amide bonds. The highest BCUT2D eigenvalue weighted by atomic mass is 32.1. The number of thiophene rings is 1. The van der Waals surface area contributed by atoms with Crippen LogP contribution in [0, 0.1) is 0 Å². The molecule has 0 N–H and O–H groups in total. The molecular weight excluding hydrogens is 322 g/mol. The third kappa shape index (κ3) is 3.27. The summed E-state index contributed by atoms with van der Waals surface area (Å²) in [4.78, 5) is 22.7. The summed E-state index contributed by atoms with van der Waals surface area (Å²) in [5.41, 5.74) is 1.39. The van der Waals surface area contributed by atoms with Crippen LogP contribution < -0.4 is 5.56 Å². The highest BCUT2D eigenvalue weighted by Gasteiger charge is 2.22. The Kier molecular flexibility index (Phi) is 5.69. The van der Waals surface area contributed by atoms with Crippen molar-refractivity contribution in [2.45, 2.75) is 52.6 Å². The van der Waals surface area contributed by atoms with Crippen LogP contribution in [0.2, 0.25) is 0 Å². The van der Waals surface area contributed by atoms with E-state index in [4.69, 9.17) is 9.72 Å². The van der Waals surface area contributed by atoms with Gasteiger partial charge in [-0.05, 0) is 44.3 Å². The number of nitrogens with zero attached hydrogens (tertiary/aromatic N) is 3. The minimum absolute atomic E-state index is 0.124. The number of methoxy groups -OCH3 is 1. The average molecular weight is 350 g/mol. The van der Waals surface area contributed by atoms with Crippen molar-refractivity contribution in [2.75, 3.05) is 26.8 Å². The van der Waals surface area contributed by atoms with E-state index in [1.54, 1.807) is 18.4 Å². The fraction of sp³-hybridized carbons (Fsp3) is 0.667. The first-order valence-corrected chi connectivity index (χ1v) is 9.76. The zero-order valence-electron chi connectivity index (χ0n) is 14.9. The minimum atomic E-state index is 0.124. The van der Waals surface area contributed by atoms with Gasteiger partial charge < -0.3 is 4.74 Å². The molecule has 0 atom stereocenters. The van der Waals surface area contributed by atoms with Gasteiger partial charge >= 0.3 is 0 Å². The predicted molar refractivity (Wildman–Crippen MR) is 99.0 cm³/mol. The third-order valence-corrected chi connectivity index (χ3v) is 6.12. The van der Waals surface area contributed by atoms with Crippen molar-refractivity contribution in [3.63, 3.8) is 0 Å². The molecule has 3 rings (SSSR count). The normalized spacial score (nSPS) is 14.5. The van der Waals surface area contributed by atoms with Crippen molar-refractivity contribution < 1.29 is 4.74 Å². The lowest BCUT2D eigenvalue weighted by atomic mass is 9.97. The van der Waals surface area contributed by atoms with Crippen molar-refractivity contribution in [2.24, 2.45) is 0 Å². The van der Waals surface area contributed by atoms with Crippen molar-refractivity contribution in [3.8, 4) is 0 Å². The van der Waals surface area contributed by atoms with Crippen molar-refractivity contribution in [1.29, 1.82) is 0 Å². The third-order valence-electron chi connectivity index (χ3n) is 4.93. The molecule has 0 aliphatic heterocycles. The molecule has 0 fully saturated rings. The highest BCUT2D eigenvalue weighted by molar-refractivity contribution is 7.18. The monoisotopic (exact) mass is 349 g/mol. The molecule has 0 unspecified atom stereocenters. The van der Waals surface area contributed by atoms with Crippen LogP contribution in [-0.2, 0) is 30.7 Å². The molecule has 0 aromatic carbocycles. The van der Waals surface area contributed by atoms with E-state index in [0.29, 0.717) is 19.7 Å². The Bertz CT molecular complexity index is 762. The fourth-order valence-corrected chi connectivity index (χ4v) is 4.73. The van der Waals surface area contributed by atoms with Crippen molar-refractivity contribution in [3.05, 3.63) is 26.6 Å². The fourth-order valence-electron chi connectivity index (χ4n) is 3.46. The molecule has 1 aliphatic rings. The highest BCUT2D eigenvalue weighted by Crippen LogP contribution is 2.33. The van der Waals surface area contributed by atoms with Gasteiger partial charge in [0, 0.05) is 12.0 Å². The molecule has 24 heavy (non-hydrogen) atoms. The van der Waals surface area contributed by atoms with Crippen LogP contribution in [0.15, 0.2) is 4.79 Å². The molecule has 0 spiro atoms. The van der Waals surface area contributed by atoms with Gasteiger partial charge in [-0.15, -0.1) is 11.3 Å². The van der Waals surface area contributed by atoms with Crippen molar-refractivity contribution >= 4 is 21.6 Å². The first kappa shape index (κ1) is 17.6.